The van der Waals surface area contributed by atoms with Gasteiger partial charge in [0.1, 0.15) is 11.8 Å². The van der Waals surface area contributed by atoms with Crippen molar-refractivity contribution in [3.63, 3.8) is 0 Å². The molecule has 1 N–H and O–H groups in total. The smallest absolute Gasteiger partial charge is 0.250 e. The van der Waals surface area contributed by atoms with Crippen molar-refractivity contribution in [2.45, 2.75) is 13.0 Å². The number of aromatic nitrogens is 4. The van der Waals surface area contributed by atoms with Gasteiger partial charge in [0.2, 0.25) is 5.82 Å². The highest BCUT2D eigenvalue weighted by atomic mass is 35.5. The SMILES string of the molecule is COc1cccc(-c2nnn([C@H](C)C(=O)Nc3cccc(Cl)c3)n2)c1. The van der Waals surface area contributed by atoms with Gasteiger partial charge in [-0.1, -0.05) is 29.8 Å². The average molecular weight is 358 g/mol. The molecule has 3 rings (SSSR count). The summed E-state index contributed by atoms with van der Waals surface area (Å²) < 4.78 is 5.19. The molecular weight excluding hydrogens is 342 g/mol. The maximum absolute atomic E-state index is 12.4. The third kappa shape index (κ3) is 3.95. The van der Waals surface area contributed by atoms with E-state index in [1.807, 2.05) is 18.2 Å². The Bertz CT molecular complexity index is 896. The van der Waals surface area contributed by atoms with Crippen LogP contribution in [0.3, 0.4) is 0 Å². The number of hydrogen-bond acceptors (Lipinski definition) is 5. The number of carbonyl (C=O) groups is 1. The van der Waals surface area contributed by atoms with Gasteiger partial charge in [-0.25, -0.2) is 0 Å². The van der Waals surface area contributed by atoms with E-state index in [2.05, 4.69) is 20.7 Å². The lowest BCUT2D eigenvalue weighted by Crippen LogP contribution is -2.25. The van der Waals surface area contributed by atoms with E-state index in [4.69, 9.17) is 16.3 Å². The van der Waals surface area contributed by atoms with Crippen LogP contribution in [0.4, 0.5) is 5.69 Å². The molecule has 0 radical (unpaired) electrons. The van der Waals surface area contributed by atoms with Crippen molar-refractivity contribution in [2.75, 3.05) is 12.4 Å². The second-order valence-electron chi connectivity index (χ2n) is 5.34. The Hall–Kier alpha value is -2.93. The van der Waals surface area contributed by atoms with Crippen LogP contribution in [0.25, 0.3) is 11.4 Å². The Morgan fingerprint density at radius 3 is 2.80 bits per heavy atom. The maximum atomic E-state index is 12.4. The number of benzene rings is 2. The van der Waals surface area contributed by atoms with Crippen LogP contribution >= 0.6 is 11.6 Å². The number of nitrogens with one attached hydrogen (secondary N) is 1. The monoisotopic (exact) mass is 357 g/mol. The molecule has 25 heavy (non-hydrogen) atoms. The van der Waals surface area contributed by atoms with Gasteiger partial charge in [0.25, 0.3) is 5.91 Å². The molecule has 0 aliphatic rings. The summed E-state index contributed by atoms with van der Waals surface area (Å²) in [6.07, 6.45) is 0. The number of tetrazole rings is 1. The third-order valence-corrected chi connectivity index (χ3v) is 3.81. The van der Waals surface area contributed by atoms with E-state index >= 15 is 0 Å². The standard InChI is InChI=1S/C17H16ClN5O2/c1-11(17(24)19-14-7-4-6-13(18)10-14)23-21-16(20-22-23)12-5-3-8-15(9-12)25-2/h3-11H,1-2H3,(H,19,24)/t11-/m1/s1. The van der Waals surface area contributed by atoms with Gasteiger partial charge in [0.05, 0.1) is 7.11 Å². The van der Waals surface area contributed by atoms with Crippen LogP contribution in [-0.4, -0.2) is 33.2 Å². The van der Waals surface area contributed by atoms with Gasteiger partial charge in [-0.2, -0.15) is 4.80 Å². The van der Waals surface area contributed by atoms with Crippen LogP contribution in [-0.2, 0) is 4.79 Å². The number of amides is 1. The van der Waals surface area contributed by atoms with Crippen LogP contribution in [0.5, 0.6) is 5.75 Å². The molecule has 1 amide bonds. The second-order valence-corrected chi connectivity index (χ2v) is 5.78. The molecule has 0 spiro atoms. The molecule has 0 aliphatic carbocycles. The lowest BCUT2D eigenvalue weighted by molar-refractivity contribution is -0.119. The molecule has 0 bridgehead atoms. The highest BCUT2D eigenvalue weighted by Crippen LogP contribution is 2.21. The fourth-order valence-electron chi connectivity index (χ4n) is 2.18. The average Bonchev–Trinajstić information content (AvgIpc) is 3.11. The maximum Gasteiger partial charge on any atom is 0.250 e. The Labute approximate surface area is 149 Å². The first kappa shape index (κ1) is 16.9. The minimum atomic E-state index is -0.633. The van der Waals surface area contributed by atoms with Crippen LogP contribution in [0.15, 0.2) is 48.5 Å². The van der Waals surface area contributed by atoms with E-state index in [-0.39, 0.29) is 5.91 Å². The van der Waals surface area contributed by atoms with E-state index in [1.54, 1.807) is 44.4 Å². The summed E-state index contributed by atoms with van der Waals surface area (Å²) in [4.78, 5) is 13.6. The first-order valence-electron chi connectivity index (χ1n) is 7.57. The third-order valence-electron chi connectivity index (χ3n) is 3.57. The van der Waals surface area contributed by atoms with Crippen molar-refractivity contribution < 1.29 is 9.53 Å². The summed E-state index contributed by atoms with van der Waals surface area (Å²) in [6, 6.07) is 13.6. The predicted molar refractivity (Wildman–Crippen MR) is 94.6 cm³/mol. The molecule has 2 aromatic carbocycles. The summed E-state index contributed by atoms with van der Waals surface area (Å²) in [5, 5.41) is 15.6. The molecule has 0 aliphatic heterocycles. The number of hydrogen-bond donors (Lipinski definition) is 1. The van der Waals surface area contributed by atoms with Crippen LogP contribution in [0.1, 0.15) is 13.0 Å². The summed E-state index contributed by atoms with van der Waals surface area (Å²) in [5.41, 5.74) is 1.37. The number of nitrogens with zero attached hydrogens (tertiary/aromatic N) is 4. The van der Waals surface area contributed by atoms with Crippen molar-refractivity contribution in [1.82, 2.24) is 20.2 Å². The number of ether oxygens (including phenoxy) is 1. The van der Waals surface area contributed by atoms with Crippen LogP contribution in [0, 0.1) is 0 Å². The molecular formula is C17H16ClN5O2. The lowest BCUT2D eigenvalue weighted by Gasteiger charge is -2.10. The molecule has 0 fully saturated rings. The number of carbonyl (C=O) groups excluding carboxylic acids is 1. The van der Waals surface area contributed by atoms with E-state index < -0.39 is 6.04 Å². The van der Waals surface area contributed by atoms with Crippen molar-refractivity contribution >= 4 is 23.2 Å². The zero-order chi connectivity index (χ0) is 17.8. The van der Waals surface area contributed by atoms with Gasteiger partial charge in [0, 0.05) is 16.3 Å². The Morgan fingerprint density at radius 1 is 1.24 bits per heavy atom. The van der Waals surface area contributed by atoms with Crippen LogP contribution in [0.2, 0.25) is 5.02 Å². The first-order valence-corrected chi connectivity index (χ1v) is 7.95. The fraction of sp³-hybridized carbons (Fsp3) is 0.176. The van der Waals surface area contributed by atoms with E-state index in [0.29, 0.717) is 22.3 Å². The molecule has 1 heterocycles. The fourth-order valence-corrected chi connectivity index (χ4v) is 2.38. The highest BCUT2D eigenvalue weighted by Gasteiger charge is 2.19. The van der Waals surface area contributed by atoms with Crippen molar-refractivity contribution in [3.8, 4) is 17.1 Å². The largest absolute Gasteiger partial charge is 0.497 e. The topological polar surface area (TPSA) is 81.9 Å². The summed E-state index contributed by atoms with van der Waals surface area (Å²) in [7, 11) is 1.59. The van der Waals surface area contributed by atoms with Crippen molar-refractivity contribution in [1.29, 1.82) is 0 Å². The molecule has 0 saturated carbocycles. The van der Waals surface area contributed by atoms with Gasteiger partial charge in [-0.05, 0) is 42.5 Å². The van der Waals surface area contributed by atoms with Gasteiger partial charge < -0.3 is 10.1 Å². The molecule has 1 atom stereocenters. The Kier molecular flexibility index (Phi) is 4.95. The molecule has 1 aromatic heterocycles. The molecule has 128 valence electrons. The van der Waals surface area contributed by atoms with E-state index in [9.17, 15) is 4.79 Å². The number of methoxy groups -OCH3 is 1. The van der Waals surface area contributed by atoms with Crippen LogP contribution < -0.4 is 10.1 Å². The zero-order valence-electron chi connectivity index (χ0n) is 13.7. The quantitative estimate of drug-likeness (QED) is 0.758. The minimum absolute atomic E-state index is 0.267. The first-order chi connectivity index (χ1) is 12.1. The Morgan fingerprint density at radius 2 is 2.04 bits per heavy atom. The molecule has 7 nitrogen and oxygen atoms in total. The molecule has 3 aromatic rings. The molecule has 0 unspecified atom stereocenters. The number of halogens is 1. The van der Waals surface area contributed by atoms with Gasteiger partial charge in [-0.15, -0.1) is 10.2 Å². The lowest BCUT2D eigenvalue weighted by atomic mass is 10.2. The highest BCUT2D eigenvalue weighted by molar-refractivity contribution is 6.30. The second kappa shape index (κ2) is 7.31. The number of rotatable bonds is 5. The summed E-state index contributed by atoms with van der Waals surface area (Å²) >= 11 is 5.92. The zero-order valence-corrected chi connectivity index (χ0v) is 14.4. The minimum Gasteiger partial charge on any atom is -0.497 e. The van der Waals surface area contributed by atoms with Gasteiger partial charge in [-0.3, -0.25) is 4.79 Å². The normalized spacial score (nSPS) is 11.8. The predicted octanol–water partition coefficient (Wildman–Crippen LogP) is 3.20. The van der Waals surface area contributed by atoms with E-state index in [0.717, 1.165) is 5.56 Å². The molecule has 0 saturated heterocycles. The Balaban J connectivity index is 1.75. The summed E-state index contributed by atoms with van der Waals surface area (Å²) in [6.45, 7) is 1.69. The molecule has 8 heteroatoms. The summed E-state index contributed by atoms with van der Waals surface area (Å²) in [5.74, 6) is 0.846. The van der Waals surface area contributed by atoms with E-state index in [1.165, 1.54) is 4.80 Å². The van der Waals surface area contributed by atoms with Gasteiger partial charge in [0.15, 0.2) is 0 Å². The van der Waals surface area contributed by atoms with Gasteiger partial charge >= 0.3 is 0 Å². The van der Waals surface area contributed by atoms with Crippen molar-refractivity contribution in [2.24, 2.45) is 0 Å². The number of anilines is 1. The van der Waals surface area contributed by atoms with Crippen molar-refractivity contribution in [3.05, 3.63) is 53.6 Å².